The minimum atomic E-state index is -4.56. The maximum absolute atomic E-state index is 13.8. The van der Waals surface area contributed by atoms with Gasteiger partial charge in [0.15, 0.2) is 0 Å². The monoisotopic (exact) mass is 629 g/mol. The van der Waals surface area contributed by atoms with E-state index in [0.29, 0.717) is 43.8 Å². The van der Waals surface area contributed by atoms with Crippen LogP contribution in [0.5, 0.6) is 0 Å². The van der Waals surface area contributed by atoms with Gasteiger partial charge in [-0.1, -0.05) is 23.7 Å². The molecule has 2 aliphatic rings. The van der Waals surface area contributed by atoms with Crippen LogP contribution in [0.1, 0.15) is 63.6 Å². The van der Waals surface area contributed by atoms with Crippen molar-refractivity contribution in [3.05, 3.63) is 64.7 Å². The quantitative estimate of drug-likeness (QED) is 0.437. The first kappa shape index (κ1) is 32.1. The Morgan fingerprint density at radius 3 is 2.07 bits per heavy atom. The lowest BCUT2D eigenvalue weighted by molar-refractivity contribution is -0.142. The summed E-state index contributed by atoms with van der Waals surface area (Å²) in [5, 5.41) is 0.550. The number of nitrogens with one attached hydrogen (secondary N) is 1. The first-order valence-electron chi connectivity index (χ1n) is 13.8. The van der Waals surface area contributed by atoms with Crippen LogP contribution in [0.4, 0.5) is 18.0 Å². The number of ether oxygens (including phenoxy) is 1. The molecule has 0 spiro atoms. The normalized spacial score (nSPS) is 22.1. The number of hydrogen-bond acceptors (Lipinski definition) is 5. The number of rotatable bonds is 5. The van der Waals surface area contributed by atoms with Gasteiger partial charge in [0.25, 0.3) is 0 Å². The summed E-state index contributed by atoms with van der Waals surface area (Å²) >= 11 is 6.09. The Bertz CT molecular complexity index is 1370. The summed E-state index contributed by atoms with van der Waals surface area (Å²) in [6, 6.07) is 9.64. The van der Waals surface area contributed by atoms with Gasteiger partial charge in [-0.15, -0.1) is 0 Å². The third-order valence-corrected chi connectivity index (χ3v) is 9.25. The molecule has 1 aliphatic heterocycles. The lowest BCUT2D eigenvalue weighted by atomic mass is 9.85. The SMILES string of the molecule is CC(C)(C)OC(=O)N1CCN(C(=O)[C@H]2CC[C@H](NS(=O)(=O)c3ccc(C(F)(F)F)cc3)CC2)C(c2ccc(Cl)cc2)C1. The van der Waals surface area contributed by atoms with Gasteiger partial charge in [0.2, 0.25) is 15.9 Å². The number of carbonyl (C=O) groups is 2. The smallest absolute Gasteiger partial charge is 0.416 e. The van der Waals surface area contributed by atoms with Crippen LogP contribution in [0, 0.1) is 5.92 Å². The molecule has 1 N–H and O–H groups in total. The number of amides is 2. The lowest BCUT2D eigenvalue weighted by Crippen LogP contribution is -2.54. The molecule has 1 heterocycles. The standard InChI is InChI=1S/C29H35ClF3N3O5S/c1-28(2,3)41-27(38)35-16-17-36(25(18-35)19-4-10-22(30)11-5-19)26(37)20-6-12-23(13-7-20)34-42(39,40)24-14-8-21(9-15-24)29(31,32)33/h4-5,8-11,14-15,20,23,25,34H,6-7,12-13,16-18H2,1-3H3/t20-,23-,25?. The maximum Gasteiger partial charge on any atom is 0.416 e. The van der Waals surface area contributed by atoms with Gasteiger partial charge >= 0.3 is 12.3 Å². The summed E-state index contributed by atoms with van der Waals surface area (Å²) in [5.41, 5.74) is -0.754. The van der Waals surface area contributed by atoms with Gasteiger partial charge in [-0.3, -0.25) is 4.79 Å². The van der Waals surface area contributed by atoms with Gasteiger partial charge in [0, 0.05) is 36.6 Å². The zero-order chi connectivity index (χ0) is 30.9. The van der Waals surface area contributed by atoms with Crippen LogP contribution in [-0.4, -0.2) is 61.5 Å². The summed E-state index contributed by atoms with van der Waals surface area (Å²) in [4.78, 5) is 29.7. The van der Waals surface area contributed by atoms with Crippen molar-refractivity contribution >= 4 is 33.6 Å². The molecule has 1 saturated heterocycles. The van der Waals surface area contributed by atoms with E-state index in [1.807, 2.05) is 12.1 Å². The first-order valence-corrected chi connectivity index (χ1v) is 15.6. The Hall–Kier alpha value is -2.83. The van der Waals surface area contributed by atoms with Crippen LogP contribution >= 0.6 is 11.6 Å². The molecule has 4 rings (SSSR count). The van der Waals surface area contributed by atoms with E-state index in [2.05, 4.69) is 4.72 Å². The van der Waals surface area contributed by atoms with Crippen LogP contribution in [0.25, 0.3) is 0 Å². The molecule has 230 valence electrons. The van der Waals surface area contributed by atoms with Crippen molar-refractivity contribution in [2.24, 2.45) is 5.92 Å². The molecular weight excluding hydrogens is 595 g/mol. The number of carbonyl (C=O) groups excluding carboxylic acids is 2. The number of benzene rings is 2. The summed E-state index contributed by atoms with van der Waals surface area (Å²) in [7, 11) is -4.03. The van der Waals surface area contributed by atoms with E-state index >= 15 is 0 Å². The number of halogens is 4. The van der Waals surface area contributed by atoms with E-state index < -0.39 is 45.5 Å². The third-order valence-electron chi connectivity index (χ3n) is 7.46. The number of alkyl halides is 3. The molecular formula is C29H35ClF3N3O5S. The summed E-state index contributed by atoms with van der Waals surface area (Å²) < 4.78 is 72.3. The first-order chi connectivity index (χ1) is 19.5. The average molecular weight is 630 g/mol. The Morgan fingerprint density at radius 2 is 1.52 bits per heavy atom. The number of sulfonamides is 1. The predicted molar refractivity (Wildman–Crippen MR) is 151 cm³/mol. The Balaban J connectivity index is 1.41. The van der Waals surface area contributed by atoms with E-state index in [0.717, 1.165) is 29.8 Å². The highest BCUT2D eigenvalue weighted by molar-refractivity contribution is 7.89. The molecule has 42 heavy (non-hydrogen) atoms. The van der Waals surface area contributed by atoms with Crippen LogP contribution < -0.4 is 4.72 Å². The molecule has 1 saturated carbocycles. The van der Waals surface area contributed by atoms with Gasteiger partial charge in [-0.05, 0) is 88.4 Å². The highest BCUT2D eigenvalue weighted by Crippen LogP contribution is 2.34. The van der Waals surface area contributed by atoms with E-state index in [1.165, 1.54) is 0 Å². The molecule has 0 radical (unpaired) electrons. The van der Waals surface area contributed by atoms with Crippen LogP contribution in [0.15, 0.2) is 53.4 Å². The third kappa shape index (κ3) is 7.96. The second-order valence-electron chi connectivity index (χ2n) is 11.7. The molecule has 0 bridgehead atoms. The van der Waals surface area contributed by atoms with Gasteiger partial charge in [-0.25, -0.2) is 17.9 Å². The van der Waals surface area contributed by atoms with Crippen LogP contribution in [0.3, 0.4) is 0 Å². The molecule has 2 aromatic rings. The summed E-state index contributed by atoms with van der Waals surface area (Å²) in [6.45, 7) is 6.26. The van der Waals surface area contributed by atoms with Crippen molar-refractivity contribution in [2.75, 3.05) is 19.6 Å². The fraction of sp³-hybridized carbons (Fsp3) is 0.517. The second-order valence-corrected chi connectivity index (χ2v) is 13.9. The van der Waals surface area contributed by atoms with Crippen molar-refractivity contribution in [3.8, 4) is 0 Å². The molecule has 2 fully saturated rings. The van der Waals surface area contributed by atoms with E-state index in [-0.39, 0.29) is 23.3 Å². The highest BCUT2D eigenvalue weighted by atomic mass is 35.5. The summed E-state index contributed by atoms with van der Waals surface area (Å²) in [5.74, 6) is -0.400. The minimum Gasteiger partial charge on any atom is -0.444 e. The van der Waals surface area contributed by atoms with Crippen molar-refractivity contribution < 1.29 is 35.9 Å². The molecule has 8 nitrogen and oxygen atoms in total. The number of nitrogens with zero attached hydrogens (tertiary/aromatic N) is 2. The topological polar surface area (TPSA) is 96.0 Å². The molecule has 1 atom stereocenters. The molecule has 0 aromatic heterocycles. The molecule has 13 heteroatoms. The van der Waals surface area contributed by atoms with Crippen molar-refractivity contribution in [3.63, 3.8) is 0 Å². The van der Waals surface area contributed by atoms with E-state index in [4.69, 9.17) is 16.3 Å². The fourth-order valence-corrected chi connectivity index (χ4v) is 6.74. The van der Waals surface area contributed by atoms with Gasteiger partial charge in [0.1, 0.15) is 5.60 Å². The molecule has 2 amide bonds. The van der Waals surface area contributed by atoms with Crippen molar-refractivity contribution in [2.45, 2.75) is 75.2 Å². The fourth-order valence-electron chi connectivity index (χ4n) is 5.31. The molecule has 1 unspecified atom stereocenters. The predicted octanol–water partition coefficient (Wildman–Crippen LogP) is 6.02. The van der Waals surface area contributed by atoms with Crippen molar-refractivity contribution in [1.29, 1.82) is 0 Å². The zero-order valence-electron chi connectivity index (χ0n) is 23.7. The summed E-state index contributed by atoms with van der Waals surface area (Å²) in [6.07, 6.45) is -3.32. The van der Waals surface area contributed by atoms with Crippen molar-refractivity contribution in [1.82, 2.24) is 14.5 Å². The van der Waals surface area contributed by atoms with E-state index in [1.54, 1.807) is 42.7 Å². The highest BCUT2D eigenvalue weighted by Gasteiger charge is 2.39. The number of piperazine rings is 1. The van der Waals surface area contributed by atoms with Gasteiger partial charge < -0.3 is 14.5 Å². The van der Waals surface area contributed by atoms with Crippen LogP contribution in [0.2, 0.25) is 5.02 Å². The van der Waals surface area contributed by atoms with E-state index in [9.17, 15) is 31.2 Å². The Labute approximate surface area is 249 Å². The van der Waals surface area contributed by atoms with Gasteiger partial charge in [0.05, 0.1) is 16.5 Å². The average Bonchev–Trinajstić information content (AvgIpc) is 2.92. The lowest BCUT2D eigenvalue weighted by Gasteiger charge is -2.43. The largest absolute Gasteiger partial charge is 0.444 e. The Kier molecular flexibility index (Phi) is 9.49. The molecule has 1 aliphatic carbocycles. The number of hydrogen-bond donors (Lipinski definition) is 1. The molecule has 2 aromatic carbocycles. The zero-order valence-corrected chi connectivity index (χ0v) is 25.2. The van der Waals surface area contributed by atoms with Gasteiger partial charge in [-0.2, -0.15) is 13.2 Å². The Morgan fingerprint density at radius 1 is 0.929 bits per heavy atom. The van der Waals surface area contributed by atoms with Crippen LogP contribution in [-0.2, 0) is 25.7 Å². The minimum absolute atomic E-state index is 0.0668. The second kappa shape index (κ2) is 12.4. The maximum atomic E-state index is 13.8.